The summed E-state index contributed by atoms with van der Waals surface area (Å²) < 4.78 is 3.83. The van der Waals surface area contributed by atoms with Crippen LogP contribution in [0, 0.1) is 0 Å². The molecule has 0 aromatic carbocycles. The molecule has 0 spiro atoms. The third-order valence-electron chi connectivity index (χ3n) is 1.13. The maximum absolute atomic E-state index is 11.4. The summed E-state index contributed by atoms with van der Waals surface area (Å²) in [6.07, 6.45) is 1.51. The Kier molecular flexibility index (Phi) is 3.11. The lowest BCUT2D eigenvalue weighted by atomic mass is 10.4. The summed E-state index contributed by atoms with van der Waals surface area (Å²) in [5, 5.41) is 0.309. The van der Waals surface area contributed by atoms with Gasteiger partial charge in [-0.3, -0.25) is 4.79 Å². The minimum Gasteiger partial charge on any atom is -0.396 e. The Morgan fingerprint density at radius 3 is 2.83 bits per heavy atom. The van der Waals surface area contributed by atoms with E-state index >= 15 is 0 Å². The molecule has 0 radical (unpaired) electrons. The molecule has 12 heavy (non-hydrogen) atoms. The van der Waals surface area contributed by atoms with Gasteiger partial charge in [-0.2, -0.15) is 4.37 Å². The second-order valence-corrected chi connectivity index (χ2v) is 4.92. The molecule has 0 unspecified atom stereocenters. The third kappa shape index (κ3) is 2.22. The number of carbonyl (C=O) groups is 1. The van der Waals surface area contributed by atoms with E-state index in [4.69, 9.17) is 5.73 Å². The first-order valence-electron chi connectivity index (χ1n) is 3.52. The van der Waals surface area contributed by atoms with Crippen LogP contribution in [0.2, 0.25) is 0 Å². The number of nitrogens with two attached hydrogens (primary N) is 1. The first-order chi connectivity index (χ1) is 5.61. The van der Waals surface area contributed by atoms with Crippen molar-refractivity contribution < 1.29 is 4.79 Å². The number of thioether (sulfide) groups is 1. The lowest BCUT2D eigenvalue weighted by molar-refractivity contribution is 0.109. The van der Waals surface area contributed by atoms with E-state index in [1.165, 1.54) is 18.0 Å². The molecule has 0 saturated carbocycles. The Bertz CT molecular complexity index is 283. The van der Waals surface area contributed by atoms with Gasteiger partial charge in [0, 0.05) is 5.25 Å². The molecular weight excluding hydrogens is 192 g/mol. The quantitative estimate of drug-likeness (QED) is 0.797. The lowest BCUT2D eigenvalue weighted by Crippen LogP contribution is -1.99. The van der Waals surface area contributed by atoms with Gasteiger partial charge in [0.2, 0.25) is 5.12 Å². The predicted molar refractivity (Wildman–Crippen MR) is 53.6 cm³/mol. The molecule has 1 aromatic rings. The fourth-order valence-corrected chi connectivity index (χ4v) is 2.08. The van der Waals surface area contributed by atoms with Gasteiger partial charge >= 0.3 is 0 Å². The molecule has 5 heteroatoms. The molecule has 0 atom stereocenters. The summed E-state index contributed by atoms with van der Waals surface area (Å²) in [7, 11) is 0. The average molecular weight is 202 g/mol. The summed E-state index contributed by atoms with van der Waals surface area (Å²) in [5.74, 6) is 0. The number of rotatable bonds is 2. The van der Waals surface area contributed by atoms with Crippen molar-refractivity contribution in [2.75, 3.05) is 5.73 Å². The number of nitrogens with zero attached hydrogens (tertiary/aromatic N) is 1. The van der Waals surface area contributed by atoms with E-state index in [1.54, 1.807) is 0 Å². The van der Waals surface area contributed by atoms with Crippen LogP contribution in [0.3, 0.4) is 0 Å². The molecular formula is C7H10N2OS2. The van der Waals surface area contributed by atoms with Gasteiger partial charge in [0.25, 0.3) is 0 Å². The van der Waals surface area contributed by atoms with Crippen molar-refractivity contribution >= 4 is 34.1 Å². The molecule has 0 saturated heterocycles. The van der Waals surface area contributed by atoms with Gasteiger partial charge in [-0.25, -0.2) is 0 Å². The molecule has 1 heterocycles. The van der Waals surface area contributed by atoms with Crippen molar-refractivity contribution in [1.82, 2.24) is 4.37 Å². The van der Waals surface area contributed by atoms with Crippen LogP contribution in [0.1, 0.15) is 23.5 Å². The predicted octanol–water partition coefficient (Wildman–Crippen LogP) is 2.01. The molecule has 0 aliphatic rings. The zero-order valence-electron chi connectivity index (χ0n) is 6.90. The van der Waals surface area contributed by atoms with Crippen molar-refractivity contribution in [3.63, 3.8) is 0 Å². The molecule has 0 amide bonds. The number of aromatic nitrogens is 1. The number of nitrogen functional groups attached to an aromatic ring is 1. The molecule has 0 aliphatic heterocycles. The Hall–Kier alpha value is -0.550. The van der Waals surface area contributed by atoms with E-state index in [2.05, 4.69) is 4.37 Å². The van der Waals surface area contributed by atoms with Gasteiger partial charge in [-0.05, 0) is 11.5 Å². The summed E-state index contributed by atoms with van der Waals surface area (Å²) in [5.41, 5.74) is 6.02. The average Bonchev–Trinajstić information content (AvgIpc) is 2.33. The summed E-state index contributed by atoms with van der Waals surface area (Å²) in [6, 6.07) is 0. The molecule has 3 nitrogen and oxygen atoms in total. The Labute approximate surface area is 79.5 Å². The van der Waals surface area contributed by atoms with Crippen LogP contribution in [-0.2, 0) is 0 Å². The summed E-state index contributed by atoms with van der Waals surface area (Å²) in [6.45, 7) is 3.94. The van der Waals surface area contributed by atoms with Crippen LogP contribution < -0.4 is 5.73 Å². The van der Waals surface area contributed by atoms with Crippen LogP contribution >= 0.6 is 23.3 Å². The Morgan fingerprint density at radius 1 is 1.75 bits per heavy atom. The van der Waals surface area contributed by atoms with E-state index in [1.807, 2.05) is 13.8 Å². The molecule has 66 valence electrons. The van der Waals surface area contributed by atoms with E-state index in [9.17, 15) is 4.79 Å². The molecule has 0 bridgehead atoms. The van der Waals surface area contributed by atoms with E-state index in [-0.39, 0.29) is 5.12 Å². The van der Waals surface area contributed by atoms with Gasteiger partial charge in [-0.1, -0.05) is 25.6 Å². The minimum absolute atomic E-state index is 0.0185. The van der Waals surface area contributed by atoms with Gasteiger partial charge in [0.05, 0.1) is 11.9 Å². The van der Waals surface area contributed by atoms with Crippen molar-refractivity contribution in [3.8, 4) is 0 Å². The zero-order valence-corrected chi connectivity index (χ0v) is 8.54. The van der Waals surface area contributed by atoms with Crippen LogP contribution in [0.4, 0.5) is 5.69 Å². The van der Waals surface area contributed by atoms with Crippen LogP contribution in [-0.4, -0.2) is 14.7 Å². The number of hydrogen-bond donors (Lipinski definition) is 1. The van der Waals surface area contributed by atoms with Crippen molar-refractivity contribution in [2.24, 2.45) is 0 Å². The van der Waals surface area contributed by atoms with Gasteiger partial charge < -0.3 is 5.73 Å². The molecule has 1 rings (SSSR count). The number of hydrogen-bond acceptors (Lipinski definition) is 5. The normalized spacial score (nSPS) is 10.6. The van der Waals surface area contributed by atoms with Crippen molar-refractivity contribution in [2.45, 2.75) is 19.1 Å². The lowest BCUT2D eigenvalue weighted by Gasteiger charge is -2.00. The highest BCUT2D eigenvalue weighted by atomic mass is 32.2. The fourth-order valence-electron chi connectivity index (χ4n) is 0.670. The van der Waals surface area contributed by atoms with Crippen molar-refractivity contribution in [1.29, 1.82) is 0 Å². The second-order valence-electron chi connectivity index (χ2n) is 2.56. The van der Waals surface area contributed by atoms with Crippen molar-refractivity contribution in [3.05, 3.63) is 11.1 Å². The highest BCUT2D eigenvalue weighted by Crippen LogP contribution is 2.24. The SMILES string of the molecule is CC(C)SC(=O)c1sncc1N. The maximum Gasteiger partial charge on any atom is 0.233 e. The van der Waals surface area contributed by atoms with Crippen LogP contribution in [0.15, 0.2) is 6.20 Å². The fraction of sp³-hybridized carbons (Fsp3) is 0.429. The van der Waals surface area contributed by atoms with Crippen LogP contribution in [0.25, 0.3) is 0 Å². The minimum atomic E-state index is 0.0185. The van der Waals surface area contributed by atoms with E-state index in [0.29, 0.717) is 15.8 Å². The molecule has 0 fully saturated rings. The summed E-state index contributed by atoms with van der Waals surface area (Å²) >= 11 is 2.43. The maximum atomic E-state index is 11.4. The topological polar surface area (TPSA) is 56.0 Å². The van der Waals surface area contributed by atoms with Gasteiger partial charge in [0.1, 0.15) is 4.88 Å². The largest absolute Gasteiger partial charge is 0.396 e. The third-order valence-corrected chi connectivity index (χ3v) is 2.96. The zero-order chi connectivity index (χ0) is 9.14. The highest BCUT2D eigenvalue weighted by Gasteiger charge is 2.14. The van der Waals surface area contributed by atoms with Crippen LogP contribution in [0.5, 0.6) is 0 Å². The smallest absolute Gasteiger partial charge is 0.233 e. The Balaban J connectivity index is 2.72. The van der Waals surface area contributed by atoms with E-state index < -0.39 is 0 Å². The number of carbonyl (C=O) groups excluding carboxylic acids is 1. The molecule has 2 N–H and O–H groups in total. The summed E-state index contributed by atoms with van der Waals surface area (Å²) in [4.78, 5) is 12.0. The van der Waals surface area contributed by atoms with Gasteiger partial charge in [0.15, 0.2) is 0 Å². The first-order valence-corrected chi connectivity index (χ1v) is 5.17. The van der Waals surface area contributed by atoms with E-state index in [0.717, 1.165) is 11.5 Å². The standard InChI is InChI=1S/C7H10N2OS2/c1-4(2)11-7(10)6-5(8)3-9-12-6/h3-4H,8H2,1-2H3. The first kappa shape index (κ1) is 9.54. The number of anilines is 1. The monoisotopic (exact) mass is 202 g/mol. The second kappa shape index (κ2) is 3.91. The Morgan fingerprint density at radius 2 is 2.42 bits per heavy atom. The van der Waals surface area contributed by atoms with Gasteiger partial charge in [-0.15, -0.1) is 0 Å². The molecule has 1 aromatic heterocycles. The molecule has 0 aliphatic carbocycles. The highest BCUT2D eigenvalue weighted by molar-refractivity contribution is 8.14.